The summed E-state index contributed by atoms with van der Waals surface area (Å²) in [5, 5.41) is 18.0. The van der Waals surface area contributed by atoms with Gasteiger partial charge in [0.05, 0.1) is 18.8 Å². The zero-order valence-corrected chi connectivity index (χ0v) is 12.3. The average molecular weight is 300 g/mol. The van der Waals surface area contributed by atoms with Gasteiger partial charge in [0.25, 0.3) is 0 Å². The molecular formula is C17H20N2O3. The van der Waals surface area contributed by atoms with Crippen LogP contribution in [0.4, 0.5) is 4.79 Å². The molecule has 2 unspecified atom stereocenters. The highest BCUT2D eigenvalue weighted by Gasteiger charge is 2.18. The molecular weight excluding hydrogens is 280 g/mol. The molecule has 116 valence electrons. The first-order valence-electron chi connectivity index (χ1n) is 7.51. The van der Waals surface area contributed by atoms with E-state index in [9.17, 15) is 9.90 Å². The number of carbonyl (C=O) groups excluding carboxylic acids is 1. The fourth-order valence-electron chi connectivity index (χ4n) is 2.61. The Bertz CT molecular complexity index is 653. The monoisotopic (exact) mass is 300 g/mol. The van der Waals surface area contributed by atoms with Crippen LogP contribution in [0.5, 0.6) is 0 Å². The summed E-state index contributed by atoms with van der Waals surface area (Å²) in [6.45, 7) is 1.42. The fourth-order valence-corrected chi connectivity index (χ4v) is 2.61. The van der Waals surface area contributed by atoms with E-state index in [2.05, 4.69) is 10.6 Å². The molecule has 1 aliphatic rings. The number of urea groups is 1. The van der Waals surface area contributed by atoms with Gasteiger partial charge in [0.15, 0.2) is 0 Å². The van der Waals surface area contributed by atoms with Crippen LogP contribution in [0.25, 0.3) is 10.8 Å². The maximum Gasteiger partial charge on any atom is 0.315 e. The molecule has 0 spiro atoms. The van der Waals surface area contributed by atoms with Crippen molar-refractivity contribution in [2.75, 3.05) is 19.8 Å². The van der Waals surface area contributed by atoms with E-state index < -0.39 is 6.10 Å². The van der Waals surface area contributed by atoms with Crippen LogP contribution >= 0.6 is 0 Å². The maximum absolute atomic E-state index is 11.8. The number of nitrogens with one attached hydrogen (secondary N) is 2. The topological polar surface area (TPSA) is 70.6 Å². The van der Waals surface area contributed by atoms with E-state index in [1.807, 2.05) is 42.5 Å². The Morgan fingerprint density at radius 3 is 2.86 bits per heavy atom. The van der Waals surface area contributed by atoms with Crippen LogP contribution in [0.1, 0.15) is 18.1 Å². The molecule has 2 atom stereocenters. The number of hydrogen-bond donors (Lipinski definition) is 3. The maximum atomic E-state index is 11.8. The summed E-state index contributed by atoms with van der Waals surface area (Å²) in [5.41, 5.74) is 0.795. The summed E-state index contributed by atoms with van der Waals surface area (Å²) in [7, 11) is 0. The standard InChI is InChI=1S/C17H20N2O3/c20-16(10-18-17(21)19-15-7-8-22-11-15)14-6-5-12-3-1-2-4-13(12)9-14/h1-6,9,15-16,20H,7-8,10-11H2,(H2,18,19,21). The molecule has 3 rings (SSSR count). The normalized spacial score (nSPS) is 19.0. The van der Waals surface area contributed by atoms with Gasteiger partial charge in [0.2, 0.25) is 0 Å². The minimum absolute atomic E-state index is 0.0674. The van der Waals surface area contributed by atoms with Crippen molar-refractivity contribution in [2.45, 2.75) is 18.6 Å². The second-order valence-corrected chi connectivity index (χ2v) is 5.54. The summed E-state index contributed by atoms with van der Waals surface area (Å²) in [4.78, 5) is 11.8. The van der Waals surface area contributed by atoms with Gasteiger partial charge < -0.3 is 20.5 Å². The van der Waals surface area contributed by atoms with Crippen LogP contribution in [-0.2, 0) is 4.74 Å². The Balaban J connectivity index is 1.55. The number of rotatable bonds is 4. The minimum atomic E-state index is -0.727. The SMILES string of the molecule is O=C(NCC(O)c1ccc2ccccc2c1)NC1CCOC1. The largest absolute Gasteiger partial charge is 0.387 e. The number of ether oxygens (including phenoxy) is 1. The molecule has 22 heavy (non-hydrogen) atoms. The molecule has 3 N–H and O–H groups in total. The molecule has 1 fully saturated rings. The fraction of sp³-hybridized carbons (Fsp3) is 0.353. The third kappa shape index (κ3) is 3.55. The molecule has 0 aliphatic carbocycles. The number of hydrogen-bond acceptors (Lipinski definition) is 3. The summed E-state index contributed by atoms with van der Waals surface area (Å²) >= 11 is 0. The second kappa shape index (κ2) is 6.77. The lowest BCUT2D eigenvalue weighted by atomic mass is 10.0. The molecule has 0 bridgehead atoms. The highest BCUT2D eigenvalue weighted by molar-refractivity contribution is 5.83. The summed E-state index contributed by atoms with van der Waals surface area (Å²) < 4.78 is 5.20. The molecule has 1 heterocycles. The number of carbonyl (C=O) groups is 1. The zero-order valence-electron chi connectivity index (χ0n) is 12.3. The Hall–Kier alpha value is -2.11. The van der Waals surface area contributed by atoms with Gasteiger partial charge in [-0.3, -0.25) is 0 Å². The van der Waals surface area contributed by atoms with Gasteiger partial charge in [-0.2, -0.15) is 0 Å². The van der Waals surface area contributed by atoms with Crippen LogP contribution in [0.3, 0.4) is 0 Å². The predicted molar refractivity (Wildman–Crippen MR) is 84.7 cm³/mol. The molecule has 0 aromatic heterocycles. The van der Waals surface area contributed by atoms with Gasteiger partial charge in [0, 0.05) is 13.2 Å². The lowest BCUT2D eigenvalue weighted by molar-refractivity contribution is 0.170. The first kappa shape index (κ1) is 14.8. The number of aliphatic hydroxyl groups is 1. The van der Waals surface area contributed by atoms with Gasteiger partial charge in [-0.1, -0.05) is 36.4 Å². The van der Waals surface area contributed by atoms with E-state index in [-0.39, 0.29) is 18.6 Å². The minimum Gasteiger partial charge on any atom is -0.387 e. The quantitative estimate of drug-likeness (QED) is 0.808. The van der Waals surface area contributed by atoms with Gasteiger partial charge in [-0.15, -0.1) is 0 Å². The number of benzene rings is 2. The number of fused-ring (bicyclic) bond motifs is 1. The van der Waals surface area contributed by atoms with Crippen LogP contribution in [0, 0.1) is 0 Å². The Labute approximate surface area is 129 Å². The Kier molecular flexibility index (Phi) is 4.56. The second-order valence-electron chi connectivity index (χ2n) is 5.54. The smallest absolute Gasteiger partial charge is 0.315 e. The molecule has 5 nitrogen and oxygen atoms in total. The zero-order chi connectivity index (χ0) is 15.4. The highest BCUT2D eigenvalue weighted by Crippen LogP contribution is 2.20. The molecule has 2 aromatic carbocycles. The van der Waals surface area contributed by atoms with E-state index in [1.54, 1.807) is 0 Å². The van der Waals surface area contributed by atoms with Crippen LogP contribution in [0.15, 0.2) is 42.5 Å². The molecule has 5 heteroatoms. The van der Waals surface area contributed by atoms with Gasteiger partial charge in [0.1, 0.15) is 0 Å². The molecule has 1 saturated heterocycles. The van der Waals surface area contributed by atoms with Crippen LogP contribution < -0.4 is 10.6 Å². The Morgan fingerprint density at radius 1 is 1.27 bits per heavy atom. The first-order valence-corrected chi connectivity index (χ1v) is 7.51. The van der Waals surface area contributed by atoms with Crippen LogP contribution in [-0.4, -0.2) is 36.9 Å². The molecule has 2 aromatic rings. The van der Waals surface area contributed by atoms with E-state index in [0.29, 0.717) is 13.2 Å². The number of aliphatic hydroxyl groups excluding tert-OH is 1. The summed E-state index contributed by atoms with van der Waals surface area (Å²) in [5.74, 6) is 0. The predicted octanol–water partition coefficient (Wildman–Crippen LogP) is 1.96. The van der Waals surface area contributed by atoms with Gasteiger partial charge >= 0.3 is 6.03 Å². The van der Waals surface area contributed by atoms with E-state index in [4.69, 9.17) is 4.74 Å². The van der Waals surface area contributed by atoms with Crippen molar-refractivity contribution >= 4 is 16.8 Å². The van der Waals surface area contributed by atoms with Crippen molar-refractivity contribution in [3.05, 3.63) is 48.0 Å². The average Bonchev–Trinajstić information content (AvgIpc) is 3.05. The summed E-state index contributed by atoms with van der Waals surface area (Å²) in [6.07, 6.45) is 0.107. The van der Waals surface area contributed by atoms with Crippen molar-refractivity contribution in [3.8, 4) is 0 Å². The van der Waals surface area contributed by atoms with Crippen LogP contribution in [0.2, 0.25) is 0 Å². The van der Waals surface area contributed by atoms with Gasteiger partial charge in [-0.25, -0.2) is 4.79 Å². The van der Waals surface area contributed by atoms with Gasteiger partial charge in [-0.05, 0) is 28.8 Å². The van der Waals surface area contributed by atoms with Crippen molar-refractivity contribution in [2.24, 2.45) is 0 Å². The molecule has 1 aliphatic heterocycles. The highest BCUT2D eigenvalue weighted by atomic mass is 16.5. The molecule has 0 saturated carbocycles. The first-order chi connectivity index (χ1) is 10.7. The lowest BCUT2D eigenvalue weighted by Crippen LogP contribution is -2.43. The van der Waals surface area contributed by atoms with E-state index in [1.165, 1.54) is 0 Å². The van der Waals surface area contributed by atoms with Crippen molar-refractivity contribution in [1.29, 1.82) is 0 Å². The number of amides is 2. The van der Waals surface area contributed by atoms with Crippen molar-refractivity contribution in [3.63, 3.8) is 0 Å². The third-order valence-corrected chi connectivity index (χ3v) is 3.88. The lowest BCUT2D eigenvalue weighted by Gasteiger charge is -2.15. The summed E-state index contributed by atoms with van der Waals surface area (Å²) in [6, 6.07) is 13.6. The third-order valence-electron chi connectivity index (χ3n) is 3.88. The molecule has 2 amide bonds. The van der Waals surface area contributed by atoms with Crippen molar-refractivity contribution in [1.82, 2.24) is 10.6 Å². The van der Waals surface area contributed by atoms with E-state index >= 15 is 0 Å². The van der Waals surface area contributed by atoms with E-state index in [0.717, 1.165) is 22.8 Å². The molecule has 0 radical (unpaired) electrons. The Morgan fingerprint density at radius 2 is 2.09 bits per heavy atom. The van der Waals surface area contributed by atoms with Crippen molar-refractivity contribution < 1.29 is 14.6 Å².